The molecular formula is C14H11Cl2NO. The number of hydrogen-bond donors (Lipinski definition) is 1. The van der Waals surface area contributed by atoms with Gasteiger partial charge in [0, 0.05) is 0 Å². The van der Waals surface area contributed by atoms with Gasteiger partial charge < -0.3 is 5.32 Å². The number of anilines is 1. The van der Waals surface area contributed by atoms with Gasteiger partial charge in [0.2, 0.25) is 0 Å². The number of amides is 1. The Morgan fingerprint density at radius 2 is 1.78 bits per heavy atom. The molecule has 0 radical (unpaired) electrons. The standard InChI is InChI=1S/C14H11Cl2NO/c1-9-6-7-12(16)13(8-9)17-14(18)10-4-2-3-5-11(10)15/h2-8H,1H3,(H,17,18). The van der Waals surface area contributed by atoms with Crippen molar-refractivity contribution in [2.75, 3.05) is 5.32 Å². The minimum Gasteiger partial charge on any atom is -0.321 e. The number of hydrogen-bond acceptors (Lipinski definition) is 1. The molecule has 0 saturated carbocycles. The molecular weight excluding hydrogens is 269 g/mol. The monoisotopic (exact) mass is 279 g/mol. The first-order valence-corrected chi connectivity index (χ1v) is 6.15. The smallest absolute Gasteiger partial charge is 0.257 e. The lowest BCUT2D eigenvalue weighted by Crippen LogP contribution is -2.12. The molecule has 2 nitrogen and oxygen atoms in total. The molecule has 2 aromatic rings. The van der Waals surface area contributed by atoms with E-state index in [1.165, 1.54) is 0 Å². The summed E-state index contributed by atoms with van der Waals surface area (Å²) in [6.45, 7) is 1.93. The lowest BCUT2D eigenvalue weighted by atomic mass is 10.2. The largest absolute Gasteiger partial charge is 0.321 e. The second-order valence-corrected chi connectivity index (χ2v) is 4.73. The number of carbonyl (C=O) groups excluding carboxylic acids is 1. The Balaban J connectivity index is 2.27. The van der Waals surface area contributed by atoms with E-state index in [0.29, 0.717) is 21.3 Å². The molecule has 4 heteroatoms. The Hall–Kier alpha value is -1.51. The van der Waals surface area contributed by atoms with Crippen LogP contribution in [0.5, 0.6) is 0 Å². The van der Waals surface area contributed by atoms with Crippen molar-refractivity contribution < 1.29 is 4.79 Å². The van der Waals surface area contributed by atoms with E-state index in [0.717, 1.165) is 5.56 Å². The van der Waals surface area contributed by atoms with E-state index < -0.39 is 0 Å². The van der Waals surface area contributed by atoms with E-state index in [1.807, 2.05) is 19.1 Å². The number of halogens is 2. The summed E-state index contributed by atoms with van der Waals surface area (Å²) in [4.78, 5) is 12.0. The fourth-order valence-corrected chi connectivity index (χ4v) is 1.96. The first-order valence-electron chi connectivity index (χ1n) is 5.40. The molecule has 1 N–H and O–H groups in total. The van der Waals surface area contributed by atoms with Crippen LogP contribution in [-0.4, -0.2) is 5.91 Å². The first kappa shape index (κ1) is 12.9. The third kappa shape index (κ3) is 2.84. The summed E-state index contributed by atoms with van der Waals surface area (Å²) in [6, 6.07) is 12.3. The third-order valence-electron chi connectivity index (χ3n) is 2.49. The first-order chi connectivity index (χ1) is 8.58. The molecule has 18 heavy (non-hydrogen) atoms. The summed E-state index contributed by atoms with van der Waals surface area (Å²) in [5.41, 5.74) is 2.03. The Morgan fingerprint density at radius 3 is 2.50 bits per heavy atom. The zero-order chi connectivity index (χ0) is 13.1. The van der Waals surface area contributed by atoms with Gasteiger partial charge in [-0.25, -0.2) is 0 Å². The lowest BCUT2D eigenvalue weighted by Gasteiger charge is -2.09. The highest BCUT2D eigenvalue weighted by Crippen LogP contribution is 2.24. The molecule has 2 rings (SSSR count). The number of nitrogens with one attached hydrogen (secondary N) is 1. The van der Waals surface area contributed by atoms with Gasteiger partial charge in [-0.15, -0.1) is 0 Å². The minimum atomic E-state index is -0.270. The molecule has 0 unspecified atom stereocenters. The van der Waals surface area contributed by atoms with Crippen molar-refractivity contribution in [2.24, 2.45) is 0 Å². The normalized spacial score (nSPS) is 10.2. The summed E-state index contributed by atoms with van der Waals surface area (Å²) in [6.07, 6.45) is 0. The van der Waals surface area contributed by atoms with Crippen LogP contribution in [0.25, 0.3) is 0 Å². The molecule has 0 aliphatic rings. The zero-order valence-electron chi connectivity index (χ0n) is 9.71. The maximum absolute atomic E-state index is 12.0. The second kappa shape index (κ2) is 5.42. The number of rotatable bonds is 2. The molecule has 0 heterocycles. The molecule has 0 atom stereocenters. The van der Waals surface area contributed by atoms with Gasteiger partial charge in [0.1, 0.15) is 0 Å². The van der Waals surface area contributed by atoms with Crippen LogP contribution in [0.3, 0.4) is 0 Å². The van der Waals surface area contributed by atoms with Crippen LogP contribution in [0.15, 0.2) is 42.5 Å². The van der Waals surface area contributed by atoms with Crippen LogP contribution in [0.4, 0.5) is 5.69 Å². The van der Waals surface area contributed by atoms with E-state index in [1.54, 1.807) is 30.3 Å². The van der Waals surface area contributed by atoms with E-state index >= 15 is 0 Å². The average molecular weight is 280 g/mol. The van der Waals surface area contributed by atoms with Crippen LogP contribution in [0.2, 0.25) is 10.0 Å². The lowest BCUT2D eigenvalue weighted by molar-refractivity contribution is 0.102. The highest BCUT2D eigenvalue weighted by Gasteiger charge is 2.11. The average Bonchev–Trinajstić information content (AvgIpc) is 2.34. The molecule has 0 aliphatic carbocycles. The highest BCUT2D eigenvalue weighted by molar-refractivity contribution is 6.35. The van der Waals surface area contributed by atoms with Crippen molar-refractivity contribution in [3.63, 3.8) is 0 Å². The molecule has 0 aromatic heterocycles. The van der Waals surface area contributed by atoms with Gasteiger partial charge in [-0.2, -0.15) is 0 Å². The van der Waals surface area contributed by atoms with Crippen LogP contribution in [0, 0.1) is 6.92 Å². The summed E-state index contributed by atoms with van der Waals surface area (Å²) >= 11 is 12.0. The quantitative estimate of drug-likeness (QED) is 0.858. The highest BCUT2D eigenvalue weighted by atomic mass is 35.5. The van der Waals surface area contributed by atoms with E-state index in [4.69, 9.17) is 23.2 Å². The van der Waals surface area contributed by atoms with Gasteiger partial charge in [0.05, 0.1) is 21.3 Å². The molecule has 2 aromatic carbocycles. The molecule has 1 amide bonds. The van der Waals surface area contributed by atoms with E-state index in [-0.39, 0.29) is 5.91 Å². The Bertz CT molecular complexity index is 596. The molecule has 0 aliphatic heterocycles. The molecule has 0 fully saturated rings. The van der Waals surface area contributed by atoms with Crippen LogP contribution in [-0.2, 0) is 0 Å². The second-order valence-electron chi connectivity index (χ2n) is 3.92. The van der Waals surface area contributed by atoms with Gasteiger partial charge >= 0.3 is 0 Å². The predicted octanol–water partition coefficient (Wildman–Crippen LogP) is 4.55. The van der Waals surface area contributed by atoms with Gasteiger partial charge in [-0.05, 0) is 36.8 Å². The van der Waals surface area contributed by atoms with Crippen LogP contribution >= 0.6 is 23.2 Å². The van der Waals surface area contributed by atoms with Gasteiger partial charge in [-0.1, -0.05) is 41.4 Å². The van der Waals surface area contributed by atoms with E-state index in [9.17, 15) is 4.79 Å². The van der Waals surface area contributed by atoms with Crippen molar-refractivity contribution in [3.8, 4) is 0 Å². The number of aryl methyl sites for hydroxylation is 1. The zero-order valence-corrected chi connectivity index (χ0v) is 11.2. The molecule has 0 saturated heterocycles. The Labute approximate surface area is 116 Å². The summed E-state index contributed by atoms with van der Waals surface area (Å²) in [7, 11) is 0. The molecule has 0 spiro atoms. The summed E-state index contributed by atoms with van der Waals surface area (Å²) in [5, 5.41) is 3.67. The topological polar surface area (TPSA) is 29.1 Å². The minimum absolute atomic E-state index is 0.270. The van der Waals surface area contributed by atoms with Crippen LogP contribution < -0.4 is 5.32 Å². The Kier molecular flexibility index (Phi) is 3.90. The van der Waals surface area contributed by atoms with Gasteiger partial charge in [-0.3, -0.25) is 4.79 Å². The summed E-state index contributed by atoms with van der Waals surface area (Å²) < 4.78 is 0. The van der Waals surface area contributed by atoms with Crippen molar-refractivity contribution in [2.45, 2.75) is 6.92 Å². The molecule has 0 bridgehead atoms. The van der Waals surface area contributed by atoms with Crippen molar-refractivity contribution in [1.82, 2.24) is 0 Å². The van der Waals surface area contributed by atoms with E-state index in [2.05, 4.69) is 5.32 Å². The maximum atomic E-state index is 12.0. The third-order valence-corrected chi connectivity index (χ3v) is 3.15. The SMILES string of the molecule is Cc1ccc(Cl)c(NC(=O)c2ccccc2Cl)c1. The summed E-state index contributed by atoms with van der Waals surface area (Å²) in [5.74, 6) is -0.270. The number of carbonyl (C=O) groups is 1. The van der Waals surface area contributed by atoms with Crippen molar-refractivity contribution in [3.05, 3.63) is 63.6 Å². The van der Waals surface area contributed by atoms with Crippen molar-refractivity contribution in [1.29, 1.82) is 0 Å². The fraction of sp³-hybridized carbons (Fsp3) is 0.0714. The Morgan fingerprint density at radius 1 is 1.06 bits per heavy atom. The number of benzene rings is 2. The maximum Gasteiger partial charge on any atom is 0.257 e. The van der Waals surface area contributed by atoms with Gasteiger partial charge in [0.25, 0.3) is 5.91 Å². The van der Waals surface area contributed by atoms with Crippen LogP contribution in [0.1, 0.15) is 15.9 Å². The van der Waals surface area contributed by atoms with Crippen molar-refractivity contribution >= 4 is 34.8 Å². The fourth-order valence-electron chi connectivity index (χ4n) is 1.57. The molecule has 92 valence electrons. The van der Waals surface area contributed by atoms with Gasteiger partial charge in [0.15, 0.2) is 0 Å². The predicted molar refractivity (Wildman–Crippen MR) is 75.6 cm³/mol.